The highest BCUT2D eigenvalue weighted by Gasteiger charge is 2.43. The highest BCUT2D eigenvalue weighted by Crippen LogP contribution is 2.41. The maximum absolute atomic E-state index is 12.5. The predicted octanol–water partition coefficient (Wildman–Crippen LogP) is 1.27. The molecule has 0 bridgehead atoms. The number of amides is 2. The van der Waals surface area contributed by atoms with E-state index < -0.39 is 0 Å². The van der Waals surface area contributed by atoms with Crippen molar-refractivity contribution >= 4 is 24.2 Å². The van der Waals surface area contributed by atoms with E-state index in [0.717, 1.165) is 45.1 Å². The smallest absolute Gasteiger partial charge is 0.239 e. The van der Waals surface area contributed by atoms with Crippen LogP contribution in [0, 0.1) is 11.8 Å². The van der Waals surface area contributed by atoms with Crippen LogP contribution in [0.15, 0.2) is 12.4 Å². The molecule has 0 unspecified atom stereocenters. The molecule has 1 N–H and O–H groups in total. The number of aryl methyl sites for hydroxylation is 1. The number of nitrogens with one attached hydrogen (secondary N) is 1. The van der Waals surface area contributed by atoms with E-state index in [2.05, 4.69) is 28.4 Å². The van der Waals surface area contributed by atoms with Crippen LogP contribution in [-0.4, -0.2) is 63.6 Å². The summed E-state index contributed by atoms with van der Waals surface area (Å²) in [5.41, 5.74) is 1.23. The van der Waals surface area contributed by atoms with Crippen molar-refractivity contribution in [3.05, 3.63) is 18.0 Å². The number of rotatable bonds is 7. The van der Waals surface area contributed by atoms with Gasteiger partial charge in [-0.15, -0.1) is 12.4 Å². The summed E-state index contributed by atoms with van der Waals surface area (Å²) in [4.78, 5) is 28.3. The molecule has 3 heterocycles. The van der Waals surface area contributed by atoms with Gasteiger partial charge < -0.3 is 10.2 Å². The van der Waals surface area contributed by atoms with E-state index in [4.69, 9.17) is 0 Å². The van der Waals surface area contributed by atoms with Gasteiger partial charge in [-0.1, -0.05) is 0 Å². The fraction of sp³-hybridized carbons (Fsp3) is 0.737. The number of nitrogens with zero attached hydrogens (tertiary/aromatic N) is 4. The van der Waals surface area contributed by atoms with E-state index in [1.165, 1.54) is 18.4 Å². The Balaban J connectivity index is 0.00000210. The van der Waals surface area contributed by atoms with Crippen molar-refractivity contribution in [1.82, 2.24) is 24.9 Å². The zero-order chi connectivity index (χ0) is 18.1. The van der Waals surface area contributed by atoms with Gasteiger partial charge in [-0.05, 0) is 38.0 Å². The number of carbonyl (C=O) groups excluding carboxylic acids is 2. The molecule has 4 rings (SSSR count). The first-order chi connectivity index (χ1) is 12.6. The molecule has 150 valence electrons. The molecule has 1 aliphatic carbocycles. The molecule has 8 heteroatoms. The number of hydrogen-bond acceptors (Lipinski definition) is 4. The van der Waals surface area contributed by atoms with Crippen molar-refractivity contribution in [3.8, 4) is 0 Å². The van der Waals surface area contributed by atoms with Gasteiger partial charge in [-0.3, -0.25) is 19.2 Å². The molecule has 1 aromatic heterocycles. The molecule has 2 atom stereocenters. The lowest BCUT2D eigenvalue weighted by Gasteiger charge is -2.22. The lowest BCUT2D eigenvalue weighted by Crippen LogP contribution is -2.46. The van der Waals surface area contributed by atoms with E-state index in [-0.39, 0.29) is 36.8 Å². The molecule has 2 amide bonds. The molecule has 3 aliphatic rings. The van der Waals surface area contributed by atoms with Gasteiger partial charge in [0.15, 0.2) is 0 Å². The van der Waals surface area contributed by atoms with E-state index in [9.17, 15) is 9.59 Å². The van der Waals surface area contributed by atoms with Gasteiger partial charge in [0, 0.05) is 56.9 Å². The number of likely N-dealkylation sites (tertiary alicyclic amines) is 2. The van der Waals surface area contributed by atoms with Crippen molar-refractivity contribution in [3.63, 3.8) is 0 Å². The van der Waals surface area contributed by atoms with Gasteiger partial charge in [0.25, 0.3) is 0 Å². The molecule has 7 nitrogen and oxygen atoms in total. The summed E-state index contributed by atoms with van der Waals surface area (Å²) in [6.45, 7) is 6.73. The zero-order valence-corrected chi connectivity index (χ0v) is 16.8. The molecule has 0 radical (unpaired) electrons. The van der Waals surface area contributed by atoms with E-state index in [1.54, 1.807) is 4.90 Å². The molecule has 1 aromatic rings. The Bertz CT molecular complexity index is 675. The normalized spacial score (nSPS) is 25.7. The topological polar surface area (TPSA) is 70.5 Å². The molecule has 0 spiro atoms. The van der Waals surface area contributed by atoms with Crippen LogP contribution in [0.5, 0.6) is 0 Å². The average Bonchev–Trinajstić information content (AvgIpc) is 3.03. The van der Waals surface area contributed by atoms with Crippen LogP contribution in [0.1, 0.15) is 38.2 Å². The summed E-state index contributed by atoms with van der Waals surface area (Å²) in [6, 6.07) is 0.203. The first kappa shape index (κ1) is 20.1. The minimum absolute atomic E-state index is 0. The summed E-state index contributed by atoms with van der Waals surface area (Å²) in [7, 11) is 0. The number of halogens is 1. The van der Waals surface area contributed by atoms with Crippen molar-refractivity contribution in [2.45, 2.75) is 51.7 Å². The summed E-state index contributed by atoms with van der Waals surface area (Å²) >= 11 is 0. The standard InChI is InChI=1S/C19H29N5O2.ClH/c1-2-24-10-14(8-20-24)9-22-11-16(15-5-6-15)17(12-22)21-18(25)13-23-7-3-4-19(23)26;/h8,10,15-17H,2-7,9,11-13H2,1H3,(H,21,25);1H/t16-,17+;/m1./s1. The molecule has 2 saturated heterocycles. The quantitative estimate of drug-likeness (QED) is 0.754. The van der Waals surface area contributed by atoms with Gasteiger partial charge in [0.1, 0.15) is 0 Å². The molecule has 2 aliphatic heterocycles. The Morgan fingerprint density at radius 3 is 2.78 bits per heavy atom. The highest BCUT2D eigenvalue weighted by molar-refractivity contribution is 5.86. The van der Waals surface area contributed by atoms with Crippen molar-refractivity contribution in [2.24, 2.45) is 11.8 Å². The van der Waals surface area contributed by atoms with Crippen LogP contribution < -0.4 is 5.32 Å². The molecule has 27 heavy (non-hydrogen) atoms. The minimum atomic E-state index is -0.00319. The SMILES string of the molecule is CCn1cc(CN2C[C@H](NC(=O)CN3CCCC3=O)[C@@H](C3CC3)C2)cn1.Cl. The second-order valence-electron chi connectivity index (χ2n) is 7.99. The third-order valence-electron chi connectivity index (χ3n) is 5.94. The number of aromatic nitrogens is 2. The summed E-state index contributed by atoms with van der Waals surface area (Å²) in [5.74, 6) is 1.39. The summed E-state index contributed by atoms with van der Waals surface area (Å²) < 4.78 is 1.95. The second kappa shape index (κ2) is 8.61. The highest BCUT2D eigenvalue weighted by atomic mass is 35.5. The van der Waals surface area contributed by atoms with Gasteiger partial charge >= 0.3 is 0 Å². The lowest BCUT2D eigenvalue weighted by atomic mass is 9.98. The summed E-state index contributed by atoms with van der Waals surface area (Å²) in [5, 5.41) is 7.59. The number of carbonyl (C=O) groups is 2. The second-order valence-corrected chi connectivity index (χ2v) is 7.99. The largest absolute Gasteiger partial charge is 0.350 e. The number of hydrogen-bond donors (Lipinski definition) is 1. The maximum Gasteiger partial charge on any atom is 0.239 e. The van der Waals surface area contributed by atoms with Crippen molar-refractivity contribution < 1.29 is 9.59 Å². The van der Waals surface area contributed by atoms with Crippen LogP contribution in [0.2, 0.25) is 0 Å². The predicted molar refractivity (Wildman–Crippen MR) is 104 cm³/mol. The van der Waals surface area contributed by atoms with Gasteiger partial charge in [-0.25, -0.2) is 0 Å². The summed E-state index contributed by atoms with van der Waals surface area (Å²) in [6.07, 6.45) is 8.07. The van der Waals surface area contributed by atoms with Crippen LogP contribution in [-0.2, 0) is 22.7 Å². The monoisotopic (exact) mass is 395 g/mol. The van der Waals surface area contributed by atoms with Gasteiger partial charge in [-0.2, -0.15) is 5.10 Å². The van der Waals surface area contributed by atoms with Crippen LogP contribution in [0.25, 0.3) is 0 Å². The van der Waals surface area contributed by atoms with Crippen LogP contribution >= 0.6 is 12.4 Å². The first-order valence-electron chi connectivity index (χ1n) is 9.93. The Hall–Kier alpha value is -1.60. The van der Waals surface area contributed by atoms with Crippen LogP contribution in [0.4, 0.5) is 0 Å². The third kappa shape index (κ3) is 4.82. The fourth-order valence-corrected chi connectivity index (χ4v) is 4.41. The molecular formula is C19H30ClN5O2. The van der Waals surface area contributed by atoms with Crippen molar-refractivity contribution in [2.75, 3.05) is 26.2 Å². The molecule has 0 aromatic carbocycles. The average molecular weight is 396 g/mol. The van der Waals surface area contributed by atoms with E-state index in [1.807, 2.05) is 10.9 Å². The molecule has 1 saturated carbocycles. The van der Waals surface area contributed by atoms with Gasteiger partial charge in [0.05, 0.1) is 12.7 Å². The van der Waals surface area contributed by atoms with Gasteiger partial charge in [0.2, 0.25) is 11.8 Å². The molecule has 3 fully saturated rings. The van der Waals surface area contributed by atoms with Crippen LogP contribution in [0.3, 0.4) is 0 Å². The molecular weight excluding hydrogens is 366 g/mol. The van der Waals surface area contributed by atoms with E-state index in [0.29, 0.717) is 12.3 Å². The minimum Gasteiger partial charge on any atom is -0.350 e. The Labute approximate surface area is 166 Å². The van der Waals surface area contributed by atoms with E-state index >= 15 is 0 Å². The maximum atomic E-state index is 12.5. The lowest BCUT2D eigenvalue weighted by molar-refractivity contribution is -0.133. The fourth-order valence-electron chi connectivity index (χ4n) is 4.41. The van der Waals surface area contributed by atoms with Crippen molar-refractivity contribution in [1.29, 1.82) is 0 Å². The first-order valence-corrected chi connectivity index (χ1v) is 9.93. The zero-order valence-electron chi connectivity index (χ0n) is 16.0. The Morgan fingerprint density at radius 2 is 2.15 bits per heavy atom. The Morgan fingerprint density at radius 1 is 1.33 bits per heavy atom. The third-order valence-corrected chi connectivity index (χ3v) is 5.94. The Kier molecular flexibility index (Phi) is 6.42.